The maximum absolute atomic E-state index is 12.6. The third-order valence-electron chi connectivity index (χ3n) is 20.2. The van der Waals surface area contributed by atoms with Gasteiger partial charge >= 0.3 is 22.8 Å². The number of H-pyrrole nitrogens is 4. The highest BCUT2D eigenvalue weighted by Crippen LogP contribution is 2.34. The van der Waals surface area contributed by atoms with Crippen molar-refractivity contribution in [1.82, 2.24) is 38.2 Å². The molecular formula is C100H78Cl6N12O13. The minimum absolute atomic E-state index is 0.155. The van der Waals surface area contributed by atoms with Gasteiger partial charge in [0.2, 0.25) is 23.6 Å². The van der Waals surface area contributed by atoms with E-state index in [0.29, 0.717) is 98.1 Å². The standard InChI is InChI=1S/C26H22ClN3O4.C25H19Cl2N3O3.C25H20ClN3O3.C24H17Cl2N3O3/c1-16-15-30(26(33)29-25(16)32)21-9-7-20(8-10-21)28-24(31)13-17-4-3-5-18(12-17)19-6-11-23(34-2)22(27)14-19;1-15-14-30(25(33)29-24(15)32)20-8-6-19(7-9-20)28-23(31)12-16-3-2-4-17(11-16)18-5-10-21(26)22(27)13-18;1-16-15-29(25(32)28-24(16)31)22-10-8-21(9-11-22)27-23(30)13-17-4-2-5-18(12-17)19-6-3-7-20(26)14-19;25-20-9-4-17(14-21(20)26)16-3-1-2-15(12-16)13-23(31)27-18-5-7-19(8-6-18)29-11-10-22(30)28-24(29)32/h3-12,14-15H,13H2,1-2H3,(H,28,31)(H,29,32,33);2-11,13-14H,12H2,1H3,(H,28,31)(H,29,32,33);2-12,14-15H,13H2,1H3,(H,27,30)(H,28,31,32);1-12,14H,13H2,(H,27,31)(H,28,30,32). The van der Waals surface area contributed by atoms with Gasteiger partial charge in [-0.25, -0.2) is 19.2 Å². The molecule has 131 heavy (non-hydrogen) atoms. The smallest absolute Gasteiger partial charge is 0.332 e. The number of nitrogens with one attached hydrogen (secondary N) is 8. The van der Waals surface area contributed by atoms with Crippen molar-refractivity contribution in [3.05, 3.63) is 456 Å². The van der Waals surface area contributed by atoms with E-state index in [0.717, 1.165) is 66.8 Å². The van der Waals surface area contributed by atoms with E-state index in [1.807, 2.05) is 152 Å². The number of carbonyl (C=O) groups excluding carboxylic acids is 4. The van der Waals surface area contributed by atoms with Crippen LogP contribution in [0.5, 0.6) is 5.75 Å². The summed E-state index contributed by atoms with van der Waals surface area (Å²) in [6.45, 7) is 4.88. The number of anilines is 4. The maximum atomic E-state index is 12.6. The summed E-state index contributed by atoms with van der Waals surface area (Å²) in [7, 11) is 1.57. The number of carbonyl (C=O) groups is 4. The fraction of sp³-hybridized carbons (Fsp3) is 0.0800. The molecule has 0 unspecified atom stereocenters. The van der Waals surface area contributed by atoms with Crippen molar-refractivity contribution < 1.29 is 23.9 Å². The highest BCUT2D eigenvalue weighted by atomic mass is 35.5. The van der Waals surface area contributed by atoms with Crippen LogP contribution >= 0.6 is 69.6 Å². The zero-order valence-electron chi connectivity index (χ0n) is 70.1. The first-order valence-electron chi connectivity index (χ1n) is 40.2. The SMILES string of the molecule is COc1ccc(-c2cccc(CC(=O)Nc3ccc(-n4cc(C)c(=O)[nH]c4=O)cc3)c2)cc1Cl.Cc1cn(-c2ccc(NC(=O)Cc3cccc(-c4ccc(Cl)c(Cl)c4)c3)cc2)c(=O)[nH]c1=O.Cc1cn(-c2ccc(NC(=O)Cc3cccc(-c4cccc(Cl)c4)c3)cc2)c(=O)[nH]c1=O.O=C(Cc1cccc(-c2ccc(Cl)c(Cl)c2)c1)Nc1ccc(-n2ccc(=O)[nH]c2=O)cc1. The minimum atomic E-state index is -0.531. The lowest BCUT2D eigenvalue weighted by Gasteiger charge is -2.10. The summed E-state index contributed by atoms with van der Waals surface area (Å²) in [5.41, 5.74) is 13.2. The number of nitrogens with zero attached hydrogens (tertiary/aromatic N) is 4. The van der Waals surface area contributed by atoms with Gasteiger partial charge in [-0.3, -0.25) is 76.6 Å². The molecular weight excluding hydrogens is 1790 g/mol. The third kappa shape index (κ3) is 25.2. The van der Waals surface area contributed by atoms with Crippen molar-refractivity contribution in [3.63, 3.8) is 0 Å². The van der Waals surface area contributed by atoms with Gasteiger partial charge in [0.05, 0.1) is 80.7 Å². The van der Waals surface area contributed by atoms with Crippen LogP contribution in [0.25, 0.3) is 67.3 Å². The monoisotopic (exact) mass is 1860 g/mol. The summed E-state index contributed by atoms with van der Waals surface area (Å²) in [5.74, 6) is -0.0726. The molecule has 16 rings (SSSR count). The third-order valence-corrected chi connectivity index (χ3v) is 22.2. The van der Waals surface area contributed by atoms with Crippen LogP contribution in [0, 0.1) is 20.8 Å². The molecule has 0 bridgehead atoms. The zero-order chi connectivity index (χ0) is 93.1. The molecule has 4 aromatic heterocycles. The van der Waals surface area contributed by atoms with Gasteiger partial charge in [0.25, 0.3) is 22.2 Å². The van der Waals surface area contributed by atoms with Crippen molar-refractivity contribution >= 4 is 116 Å². The Morgan fingerprint density at radius 3 is 0.855 bits per heavy atom. The molecule has 0 atom stereocenters. The largest absolute Gasteiger partial charge is 0.495 e. The molecule has 0 spiro atoms. The topological polar surface area (TPSA) is 345 Å². The van der Waals surface area contributed by atoms with Gasteiger partial charge in [-0.1, -0.05) is 197 Å². The van der Waals surface area contributed by atoms with Crippen LogP contribution in [0.1, 0.15) is 38.9 Å². The molecule has 0 radical (unpaired) electrons. The Kier molecular flexibility index (Phi) is 30.7. The van der Waals surface area contributed by atoms with Crippen LogP contribution in [0.4, 0.5) is 22.7 Å². The van der Waals surface area contributed by atoms with Crippen molar-refractivity contribution in [3.8, 4) is 73.0 Å². The number of aromatic amines is 4. The molecule has 4 amide bonds. The van der Waals surface area contributed by atoms with E-state index in [9.17, 15) is 57.5 Å². The van der Waals surface area contributed by atoms with E-state index < -0.39 is 45.0 Å². The second kappa shape index (κ2) is 43.1. The van der Waals surface area contributed by atoms with Crippen molar-refractivity contribution in [2.75, 3.05) is 28.4 Å². The number of methoxy groups -OCH3 is 1. The maximum Gasteiger partial charge on any atom is 0.332 e. The Labute approximate surface area is 776 Å². The van der Waals surface area contributed by atoms with Gasteiger partial charge in [-0.2, -0.15) is 0 Å². The number of amides is 4. The lowest BCUT2D eigenvalue weighted by molar-refractivity contribution is -0.116. The second-order valence-corrected chi connectivity index (χ2v) is 32.3. The van der Waals surface area contributed by atoms with Crippen LogP contribution in [-0.4, -0.2) is 68.9 Å². The molecule has 0 aliphatic rings. The summed E-state index contributed by atoms with van der Waals surface area (Å²) in [5, 5.41) is 14.5. The minimum Gasteiger partial charge on any atom is -0.495 e. The lowest BCUT2D eigenvalue weighted by Crippen LogP contribution is -2.29. The molecule has 0 aliphatic heterocycles. The number of ether oxygens (including phenoxy) is 1. The average molecular weight is 1870 g/mol. The number of aryl methyl sites for hydroxylation is 3. The van der Waals surface area contributed by atoms with Gasteiger partial charge in [0, 0.05) is 75.3 Å². The second-order valence-electron chi connectivity index (χ2n) is 29.8. The first kappa shape index (κ1) is 93.4. The Morgan fingerprint density at radius 2 is 0.565 bits per heavy atom. The fourth-order valence-electron chi connectivity index (χ4n) is 13.6. The van der Waals surface area contributed by atoms with Crippen LogP contribution < -0.4 is 71.0 Å². The van der Waals surface area contributed by atoms with E-state index in [4.69, 9.17) is 74.3 Å². The van der Waals surface area contributed by atoms with Crippen molar-refractivity contribution in [1.29, 1.82) is 0 Å². The van der Waals surface area contributed by atoms with Crippen molar-refractivity contribution in [2.45, 2.75) is 46.5 Å². The number of halogens is 6. The summed E-state index contributed by atoms with van der Waals surface area (Å²) in [6, 6.07) is 83.1. The molecule has 16 aromatic rings. The molecule has 8 N–H and O–H groups in total. The summed E-state index contributed by atoms with van der Waals surface area (Å²) in [4.78, 5) is 153. The number of hydrogen-bond acceptors (Lipinski definition) is 13. The summed E-state index contributed by atoms with van der Waals surface area (Å²) >= 11 is 36.5. The fourth-order valence-corrected chi connectivity index (χ4v) is 14.6. The lowest BCUT2D eigenvalue weighted by atomic mass is 10.0. The molecule has 4 heterocycles. The molecule has 0 saturated carbocycles. The van der Waals surface area contributed by atoms with Gasteiger partial charge in [0.15, 0.2) is 0 Å². The number of hydrogen-bond donors (Lipinski definition) is 8. The molecule has 658 valence electrons. The van der Waals surface area contributed by atoms with Crippen LogP contribution in [0.15, 0.2) is 342 Å². The van der Waals surface area contributed by atoms with E-state index >= 15 is 0 Å². The van der Waals surface area contributed by atoms with Crippen molar-refractivity contribution in [2.24, 2.45) is 0 Å². The molecule has 31 heteroatoms. The predicted octanol–water partition coefficient (Wildman–Crippen LogP) is 18.4. The van der Waals surface area contributed by atoms with E-state index in [1.54, 1.807) is 149 Å². The Balaban J connectivity index is 0.000000149. The molecule has 0 fully saturated rings. The number of aromatic nitrogens is 8. The highest BCUT2D eigenvalue weighted by Gasteiger charge is 2.17. The molecule has 25 nitrogen and oxygen atoms in total. The molecule has 0 saturated heterocycles. The van der Waals surface area contributed by atoms with Gasteiger partial charge < -0.3 is 26.0 Å². The predicted molar refractivity (Wildman–Crippen MR) is 518 cm³/mol. The zero-order valence-corrected chi connectivity index (χ0v) is 74.6. The summed E-state index contributed by atoms with van der Waals surface area (Å²) in [6.07, 6.45) is 6.64. The van der Waals surface area contributed by atoms with Crippen LogP contribution in [0.2, 0.25) is 30.1 Å². The normalized spacial score (nSPS) is 10.7. The quantitative estimate of drug-likeness (QED) is 0.0332. The van der Waals surface area contributed by atoms with E-state index in [2.05, 4.69) is 41.2 Å². The first-order chi connectivity index (χ1) is 62.9. The van der Waals surface area contributed by atoms with Crippen LogP contribution in [0.3, 0.4) is 0 Å². The Bertz CT molecular complexity index is 7510. The van der Waals surface area contributed by atoms with Crippen LogP contribution in [-0.2, 0) is 44.9 Å². The highest BCUT2D eigenvalue weighted by molar-refractivity contribution is 6.42. The average Bonchev–Trinajstić information content (AvgIpc) is 0.819. The van der Waals surface area contributed by atoms with Gasteiger partial charge in [-0.15, -0.1) is 0 Å². The number of rotatable bonds is 21. The van der Waals surface area contributed by atoms with E-state index in [1.165, 1.54) is 49.1 Å². The Hall–Kier alpha value is -15.2. The van der Waals surface area contributed by atoms with Gasteiger partial charge in [-0.05, 0) is 233 Å². The number of benzene rings is 12. The molecule has 12 aromatic carbocycles. The molecule has 0 aliphatic carbocycles. The Morgan fingerprint density at radius 1 is 0.290 bits per heavy atom. The first-order valence-corrected chi connectivity index (χ1v) is 42.5. The van der Waals surface area contributed by atoms with Gasteiger partial charge in [0.1, 0.15) is 5.75 Å². The summed E-state index contributed by atoms with van der Waals surface area (Å²) < 4.78 is 10.5. The van der Waals surface area contributed by atoms with E-state index in [-0.39, 0.29) is 49.3 Å².